The van der Waals surface area contributed by atoms with Gasteiger partial charge in [-0.1, -0.05) is 0 Å². The molecule has 0 aliphatic carbocycles. The fourth-order valence-electron chi connectivity index (χ4n) is 1.78. The molecule has 2 aromatic rings. The van der Waals surface area contributed by atoms with Crippen LogP contribution in [-0.4, -0.2) is 33.5 Å². The number of nitrogens with one attached hydrogen (secondary N) is 1. The highest BCUT2D eigenvalue weighted by molar-refractivity contribution is 5.82. The van der Waals surface area contributed by atoms with Crippen molar-refractivity contribution in [3.05, 3.63) is 35.2 Å². The maximum atomic E-state index is 9.56. The molecule has 1 aromatic carbocycles. The molecule has 0 saturated heterocycles. The molecule has 21 heavy (non-hydrogen) atoms. The Bertz CT molecular complexity index is 666. The van der Waals surface area contributed by atoms with E-state index in [1.807, 2.05) is 19.9 Å². The van der Waals surface area contributed by atoms with Crippen molar-refractivity contribution < 1.29 is 14.9 Å². The molecule has 110 valence electrons. The minimum absolute atomic E-state index is 0.166. The lowest BCUT2D eigenvalue weighted by Crippen LogP contribution is -1.99. The number of nitrogens with zero attached hydrogens (tertiary/aromatic N) is 3. The highest BCUT2D eigenvalue weighted by Crippen LogP contribution is 2.35. The standard InChI is InChI=1S/C14H16N4O3/c1-8-4-9(2)17-14(16-8)18-15-7-10-5-11(19)13(20)12(6-10)21-3/h4-7,19-20H,1-3H3,(H,16,17,18)/b15-7+. The molecule has 1 heterocycles. The van der Waals surface area contributed by atoms with Gasteiger partial charge in [-0.15, -0.1) is 0 Å². The van der Waals surface area contributed by atoms with Crippen molar-refractivity contribution in [3.63, 3.8) is 0 Å². The number of hydrogen-bond donors (Lipinski definition) is 3. The van der Waals surface area contributed by atoms with Crippen molar-refractivity contribution in [3.8, 4) is 17.2 Å². The van der Waals surface area contributed by atoms with Crippen LogP contribution in [0.15, 0.2) is 23.3 Å². The number of hydrazone groups is 1. The zero-order valence-corrected chi connectivity index (χ0v) is 12.0. The number of benzene rings is 1. The fraction of sp³-hybridized carbons (Fsp3) is 0.214. The van der Waals surface area contributed by atoms with Crippen molar-refractivity contribution in [1.82, 2.24) is 9.97 Å². The third-order valence-electron chi connectivity index (χ3n) is 2.66. The van der Waals surface area contributed by atoms with Crippen LogP contribution in [0.1, 0.15) is 17.0 Å². The topological polar surface area (TPSA) is 99.9 Å². The number of ether oxygens (including phenoxy) is 1. The molecule has 2 rings (SSSR count). The predicted molar refractivity (Wildman–Crippen MR) is 79.0 cm³/mol. The summed E-state index contributed by atoms with van der Waals surface area (Å²) >= 11 is 0. The third-order valence-corrected chi connectivity index (χ3v) is 2.66. The van der Waals surface area contributed by atoms with E-state index in [0.29, 0.717) is 11.5 Å². The van der Waals surface area contributed by atoms with Gasteiger partial charge in [0.1, 0.15) is 0 Å². The molecule has 0 atom stereocenters. The van der Waals surface area contributed by atoms with E-state index >= 15 is 0 Å². The number of aromatic hydroxyl groups is 2. The summed E-state index contributed by atoms with van der Waals surface area (Å²) in [6, 6.07) is 4.77. The highest BCUT2D eigenvalue weighted by atomic mass is 16.5. The van der Waals surface area contributed by atoms with Gasteiger partial charge in [0.15, 0.2) is 11.5 Å². The van der Waals surface area contributed by atoms with Gasteiger partial charge >= 0.3 is 0 Å². The third kappa shape index (κ3) is 3.59. The summed E-state index contributed by atoms with van der Waals surface area (Å²) in [5, 5.41) is 23.1. The first kappa shape index (κ1) is 14.6. The van der Waals surface area contributed by atoms with Gasteiger partial charge in [0.25, 0.3) is 0 Å². The van der Waals surface area contributed by atoms with E-state index in [-0.39, 0.29) is 17.2 Å². The van der Waals surface area contributed by atoms with E-state index < -0.39 is 0 Å². The molecule has 0 unspecified atom stereocenters. The number of hydrogen-bond acceptors (Lipinski definition) is 7. The molecule has 0 bridgehead atoms. The van der Waals surface area contributed by atoms with Crippen molar-refractivity contribution in [2.24, 2.45) is 5.10 Å². The van der Waals surface area contributed by atoms with Gasteiger partial charge < -0.3 is 14.9 Å². The summed E-state index contributed by atoms with van der Waals surface area (Å²) in [5.41, 5.74) is 4.94. The molecular weight excluding hydrogens is 272 g/mol. The van der Waals surface area contributed by atoms with E-state index in [0.717, 1.165) is 11.4 Å². The van der Waals surface area contributed by atoms with Gasteiger partial charge in [-0.05, 0) is 32.0 Å². The molecule has 0 aliphatic heterocycles. The van der Waals surface area contributed by atoms with Crippen molar-refractivity contribution >= 4 is 12.2 Å². The number of aromatic nitrogens is 2. The van der Waals surface area contributed by atoms with Gasteiger partial charge in [0.05, 0.1) is 13.3 Å². The molecule has 7 nitrogen and oxygen atoms in total. The fourth-order valence-corrected chi connectivity index (χ4v) is 1.78. The molecule has 0 radical (unpaired) electrons. The van der Waals surface area contributed by atoms with Crippen LogP contribution in [-0.2, 0) is 0 Å². The van der Waals surface area contributed by atoms with E-state index in [2.05, 4.69) is 20.5 Å². The lowest BCUT2D eigenvalue weighted by atomic mass is 10.2. The molecule has 1 aromatic heterocycles. The molecule has 0 fully saturated rings. The average molecular weight is 288 g/mol. The SMILES string of the molecule is COc1cc(/C=N/Nc2nc(C)cc(C)n2)cc(O)c1O. The number of aryl methyl sites for hydroxylation is 2. The minimum atomic E-state index is -0.305. The molecule has 0 amide bonds. The van der Waals surface area contributed by atoms with Crippen LogP contribution in [0.4, 0.5) is 5.95 Å². The zero-order valence-electron chi connectivity index (χ0n) is 12.0. The van der Waals surface area contributed by atoms with Gasteiger partial charge in [-0.25, -0.2) is 15.4 Å². The van der Waals surface area contributed by atoms with E-state index in [1.54, 1.807) is 6.07 Å². The number of methoxy groups -OCH3 is 1. The van der Waals surface area contributed by atoms with Crippen LogP contribution < -0.4 is 10.2 Å². The van der Waals surface area contributed by atoms with E-state index in [9.17, 15) is 10.2 Å². The first-order valence-corrected chi connectivity index (χ1v) is 6.21. The number of phenols is 2. The van der Waals surface area contributed by atoms with Gasteiger partial charge in [-0.2, -0.15) is 5.10 Å². The number of rotatable bonds is 4. The molecule has 0 saturated carbocycles. The lowest BCUT2D eigenvalue weighted by molar-refractivity contribution is 0.351. The molecule has 0 aliphatic rings. The van der Waals surface area contributed by atoms with Crippen molar-refractivity contribution in [2.75, 3.05) is 12.5 Å². The second kappa shape index (κ2) is 6.08. The number of phenolic OH excluding ortho intramolecular Hbond substituents is 2. The van der Waals surface area contributed by atoms with Gasteiger partial charge in [0, 0.05) is 17.0 Å². The summed E-state index contributed by atoms with van der Waals surface area (Å²) in [6.07, 6.45) is 1.46. The van der Waals surface area contributed by atoms with Crippen molar-refractivity contribution in [1.29, 1.82) is 0 Å². The molecule has 7 heteroatoms. The monoisotopic (exact) mass is 288 g/mol. The normalized spacial score (nSPS) is 10.8. The summed E-state index contributed by atoms with van der Waals surface area (Å²) in [7, 11) is 1.40. The van der Waals surface area contributed by atoms with Crippen LogP contribution in [0.3, 0.4) is 0 Å². The van der Waals surface area contributed by atoms with Gasteiger partial charge in [0.2, 0.25) is 11.7 Å². The molecule has 3 N–H and O–H groups in total. The first-order valence-electron chi connectivity index (χ1n) is 6.21. The van der Waals surface area contributed by atoms with Crippen LogP contribution in [0.2, 0.25) is 0 Å². The maximum absolute atomic E-state index is 9.56. The Hall–Kier alpha value is -2.83. The van der Waals surface area contributed by atoms with Crippen LogP contribution in [0.5, 0.6) is 17.2 Å². The second-order valence-electron chi connectivity index (χ2n) is 4.44. The Morgan fingerprint density at radius 2 is 1.81 bits per heavy atom. The zero-order chi connectivity index (χ0) is 15.4. The summed E-state index contributed by atoms with van der Waals surface area (Å²) in [5.74, 6) is -0.0310. The number of anilines is 1. The Morgan fingerprint density at radius 1 is 1.14 bits per heavy atom. The predicted octanol–water partition coefficient (Wildman–Crippen LogP) is 1.96. The summed E-state index contributed by atoms with van der Waals surface area (Å²) in [4.78, 5) is 8.36. The average Bonchev–Trinajstić information content (AvgIpc) is 2.41. The maximum Gasteiger partial charge on any atom is 0.243 e. The Kier molecular flexibility index (Phi) is 4.22. The van der Waals surface area contributed by atoms with Crippen LogP contribution >= 0.6 is 0 Å². The molecule has 0 spiro atoms. The highest BCUT2D eigenvalue weighted by Gasteiger charge is 2.08. The smallest absolute Gasteiger partial charge is 0.243 e. The largest absolute Gasteiger partial charge is 0.504 e. The Balaban J connectivity index is 2.16. The second-order valence-corrected chi connectivity index (χ2v) is 4.44. The van der Waals surface area contributed by atoms with E-state index in [4.69, 9.17) is 4.74 Å². The minimum Gasteiger partial charge on any atom is -0.504 e. The first-order chi connectivity index (χ1) is 9.99. The van der Waals surface area contributed by atoms with E-state index in [1.165, 1.54) is 19.4 Å². The quantitative estimate of drug-likeness (QED) is 0.452. The van der Waals surface area contributed by atoms with Crippen LogP contribution in [0.25, 0.3) is 0 Å². The van der Waals surface area contributed by atoms with Crippen molar-refractivity contribution in [2.45, 2.75) is 13.8 Å². The summed E-state index contributed by atoms with van der Waals surface area (Å²) < 4.78 is 4.95. The summed E-state index contributed by atoms with van der Waals surface area (Å²) in [6.45, 7) is 3.74. The molecular formula is C14H16N4O3. The Labute approximate surface area is 122 Å². The Morgan fingerprint density at radius 3 is 2.43 bits per heavy atom. The lowest BCUT2D eigenvalue weighted by Gasteiger charge is -2.06. The van der Waals surface area contributed by atoms with Crippen LogP contribution in [0, 0.1) is 13.8 Å². The van der Waals surface area contributed by atoms with Gasteiger partial charge in [-0.3, -0.25) is 0 Å².